The number of H-pyrrole nitrogens is 1. The van der Waals surface area contributed by atoms with Gasteiger partial charge in [-0.15, -0.1) is 0 Å². The molecule has 18 heavy (non-hydrogen) atoms. The number of non-ortho nitro benzene ring substituents is 1. The van der Waals surface area contributed by atoms with Gasteiger partial charge in [-0.3, -0.25) is 15.2 Å². The molecule has 0 saturated carbocycles. The van der Waals surface area contributed by atoms with Gasteiger partial charge < -0.3 is 5.32 Å². The van der Waals surface area contributed by atoms with Crippen LogP contribution < -0.4 is 5.32 Å². The average Bonchev–Trinajstić information content (AvgIpc) is 2.88. The molecule has 0 aliphatic rings. The summed E-state index contributed by atoms with van der Waals surface area (Å²) in [4.78, 5) is 10.1. The Labute approximate surface area is 104 Å². The molecule has 6 heteroatoms. The molecule has 0 amide bonds. The lowest BCUT2D eigenvalue weighted by Gasteiger charge is -2.05. The van der Waals surface area contributed by atoms with Crippen LogP contribution in [0.1, 0.15) is 12.1 Å². The minimum atomic E-state index is -0.401. The van der Waals surface area contributed by atoms with E-state index in [1.165, 1.54) is 12.1 Å². The zero-order valence-corrected chi connectivity index (χ0v) is 9.80. The van der Waals surface area contributed by atoms with Crippen LogP contribution >= 0.6 is 0 Å². The summed E-state index contributed by atoms with van der Waals surface area (Å²) in [6.07, 6.45) is 3.64. The Balaban J connectivity index is 1.75. The Kier molecular flexibility index (Phi) is 3.90. The molecule has 0 unspecified atom stereocenters. The maximum atomic E-state index is 10.5. The third kappa shape index (κ3) is 3.31. The monoisotopic (exact) mass is 246 g/mol. The quantitative estimate of drug-likeness (QED) is 0.465. The first-order chi connectivity index (χ1) is 8.75. The van der Waals surface area contributed by atoms with Gasteiger partial charge in [-0.25, -0.2) is 0 Å². The predicted molar refractivity (Wildman–Crippen MR) is 68.5 cm³/mol. The Hall–Kier alpha value is -2.37. The molecule has 0 fully saturated rings. The van der Waals surface area contributed by atoms with Gasteiger partial charge in [0.15, 0.2) is 0 Å². The van der Waals surface area contributed by atoms with Crippen molar-refractivity contribution in [3.8, 4) is 0 Å². The number of nitro groups is 1. The number of aryl methyl sites for hydroxylation is 1. The fourth-order valence-electron chi connectivity index (χ4n) is 1.64. The smallest absolute Gasteiger partial charge is 0.269 e. The van der Waals surface area contributed by atoms with Crippen LogP contribution in [0, 0.1) is 10.1 Å². The molecule has 0 radical (unpaired) electrons. The zero-order chi connectivity index (χ0) is 12.8. The normalized spacial score (nSPS) is 10.2. The van der Waals surface area contributed by atoms with E-state index in [4.69, 9.17) is 0 Å². The number of nitrogens with zero attached hydrogens (tertiary/aromatic N) is 2. The van der Waals surface area contributed by atoms with Crippen molar-refractivity contribution in [3.63, 3.8) is 0 Å². The lowest BCUT2D eigenvalue weighted by molar-refractivity contribution is -0.384. The summed E-state index contributed by atoms with van der Waals surface area (Å²) in [6, 6.07) is 8.38. The molecule has 0 saturated heterocycles. The van der Waals surface area contributed by atoms with Crippen LogP contribution in [0.5, 0.6) is 0 Å². The number of aromatic amines is 1. The number of benzene rings is 1. The van der Waals surface area contributed by atoms with Crippen LogP contribution in [0.2, 0.25) is 0 Å². The molecule has 6 nitrogen and oxygen atoms in total. The van der Waals surface area contributed by atoms with Gasteiger partial charge in [-0.1, -0.05) is 0 Å². The third-order valence-electron chi connectivity index (χ3n) is 2.59. The number of aromatic nitrogens is 2. The van der Waals surface area contributed by atoms with Crippen molar-refractivity contribution < 1.29 is 4.92 Å². The molecule has 94 valence electrons. The van der Waals surface area contributed by atoms with Gasteiger partial charge in [0.05, 0.1) is 4.92 Å². The standard InChI is InChI=1S/C12H14N4O2/c17-16(18)12-5-3-10(4-6-12)13-8-1-2-11-7-9-14-15-11/h3-7,9,13H,1-2,8H2,(H,14,15). The van der Waals surface area contributed by atoms with Gasteiger partial charge in [-0.2, -0.15) is 5.10 Å². The molecule has 1 aromatic carbocycles. The van der Waals surface area contributed by atoms with Crippen molar-refractivity contribution in [2.24, 2.45) is 0 Å². The van der Waals surface area contributed by atoms with Crippen LogP contribution in [0.25, 0.3) is 0 Å². The van der Waals surface area contributed by atoms with Crippen molar-refractivity contribution in [1.82, 2.24) is 10.2 Å². The maximum absolute atomic E-state index is 10.5. The van der Waals surface area contributed by atoms with Crippen LogP contribution in [0.15, 0.2) is 36.5 Å². The molecule has 0 bridgehead atoms. The van der Waals surface area contributed by atoms with Gasteiger partial charge in [0.25, 0.3) is 5.69 Å². The number of hydrogen-bond acceptors (Lipinski definition) is 4. The summed E-state index contributed by atoms with van der Waals surface area (Å²) >= 11 is 0. The molecule has 2 rings (SSSR count). The fraction of sp³-hybridized carbons (Fsp3) is 0.250. The topological polar surface area (TPSA) is 83.8 Å². The first kappa shape index (κ1) is 12.1. The Morgan fingerprint density at radius 1 is 1.28 bits per heavy atom. The summed E-state index contributed by atoms with van der Waals surface area (Å²) in [5, 5.41) is 20.5. The molecule has 0 aliphatic carbocycles. The van der Waals surface area contributed by atoms with Gasteiger partial charge in [0, 0.05) is 36.3 Å². The average molecular weight is 246 g/mol. The van der Waals surface area contributed by atoms with Crippen molar-refractivity contribution in [3.05, 3.63) is 52.3 Å². The van der Waals surface area contributed by atoms with Crippen molar-refractivity contribution >= 4 is 11.4 Å². The van der Waals surface area contributed by atoms with Crippen LogP contribution in [0.4, 0.5) is 11.4 Å². The van der Waals surface area contributed by atoms with E-state index in [-0.39, 0.29) is 5.69 Å². The highest BCUT2D eigenvalue weighted by Crippen LogP contribution is 2.15. The van der Waals surface area contributed by atoms with Crippen molar-refractivity contribution in [1.29, 1.82) is 0 Å². The SMILES string of the molecule is O=[N+]([O-])c1ccc(NCCCc2ccn[nH]2)cc1. The van der Waals surface area contributed by atoms with E-state index in [1.54, 1.807) is 18.3 Å². The molecule has 1 heterocycles. The van der Waals surface area contributed by atoms with E-state index in [0.717, 1.165) is 30.8 Å². The minimum absolute atomic E-state index is 0.109. The Morgan fingerprint density at radius 3 is 2.67 bits per heavy atom. The minimum Gasteiger partial charge on any atom is -0.385 e. The fourth-order valence-corrected chi connectivity index (χ4v) is 1.64. The highest BCUT2D eigenvalue weighted by Gasteiger charge is 2.03. The highest BCUT2D eigenvalue weighted by molar-refractivity contribution is 5.48. The summed E-state index contributed by atoms with van der Waals surface area (Å²) in [5.41, 5.74) is 2.11. The van der Waals surface area contributed by atoms with Gasteiger partial charge in [-0.05, 0) is 31.0 Å². The molecular formula is C12H14N4O2. The molecule has 0 spiro atoms. The second-order valence-corrected chi connectivity index (χ2v) is 3.92. The Bertz CT molecular complexity index is 493. The van der Waals surface area contributed by atoms with E-state index in [1.807, 2.05) is 6.07 Å². The van der Waals surface area contributed by atoms with Crippen molar-refractivity contribution in [2.45, 2.75) is 12.8 Å². The van der Waals surface area contributed by atoms with E-state index < -0.39 is 4.92 Å². The van der Waals surface area contributed by atoms with E-state index in [9.17, 15) is 10.1 Å². The highest BCUT2D eigenvalue weighted by atomic mass is 16.6. The molecular weight excluding hydrogens is 232 g/mol. The summed E-state index contributed by atoms with van der Waals surface area (Å²) in [5.74, 6) is 0. The Morgan fingerprint density at radius 2 is 2.06 bits per heavy atom. The van der Waals surface area contributed by atoms with Crippen LogP contribution in [0.3, 0.4) is 0 Å². The van der Waals surface area contributed by atoms with Gasteiger partial charge in [0.1, 0.15) is 0 Å². The first-order valence-corrected chi connectivity index (χ1v) is 5.72. The predicted octanol–water partition coefficient (Wildman–Crippen LogP) is 2.36. The van der Waals surface area contributed by atoms with E-state index in [0.29, 0.717) is 0 Å². The maximum Gasteiger partial charge on any atom is 0.269 e. The van der Waals surface area contributed by atoms with E-state index >= 15 is 0 Å². The third-order valence-corrected chi connectivity index (χ3v) is 2.59. The number of nitrogens with one attached hydrogen (secondary N) is 2. The molecule has 2 aromatic rings. The van der Waals surface area contributed by atoms with Gasteiger partial charge >= 0.3 is 0 Å². The second kappa shape index (κ2) is 5.81. The summed E-state index contributed by atoms with van der Waals surface area (Å²) in [7, 11) is 0. The largest absolute Gasteiger partial charge is 0.385 e. The second-order valence-electron chi connectivity index (χ2n) is 3.92. The van der Waals surface area contributed by atoms with Crippen molar-refractivity contribution in [2.75, 3.05) is 11.9 Å². The molecule has 2 N–H and O–H groups in total. The summed E-state index contributed by atoms with van der Waals surface area (Å²) in [6.45, 7) is 0.816. The number of rotatable bonds is 6. The first-order valence-electron chi connectivity index (χ1n) is 5.72. The molecule has 0 aliphatic heterocycles. The summed E-state index contributed by atoms with van der Waals surface area (Å²) < 4.78 is 0. The number of nitro benzene ring substituents is 1. The molecule has 1 aromatic heterocycles. The lowest BCUT2D eigenvalue weighted by Crippen LogP contribution is -2.03. The number of hydrogen-bond donors (Lipinski definition) is 2. The van der Waals surface area contributed by atoms with Crippen LogP contribution in [-0.2, 0) is 6.42 Å². The van der Waals surface area contributed by atoms with E-state index in [2.05, 4.69) is 15.5 Å². The number of anilines is 1. The zero-order valence-electron chi connectivity index (χ0n) is 9.80. The van der Waals surface area contributed by atoms with Gasteiger partial charge in [0.2, 0.25) is 0 Å². The molecule has 0 atom stereocenters. The lowest BCUT2D eigenvalue weighted by atomic mass is 10.2. The van der Waals surface area contributed by atoms with Crippen LogP contribution in [-0.4, -0.2) is 21.7 Å².